The molecule has 0 amide bonds. The van der Waals surface area contributed by atoms with Crippen molar-refractivity contribution < 1.29 is 59.2 Å². The zero-order valence-corrected chi connectivity index (χ0v) is 21.1. The third-order valence-electron chi connectivity index (χ3n) is 4.83. The molecular formula is C17H36N4O5Pt2. The van der Waals surface area contributed by atoms with Crippen molar-refractivity contribution in [3.8, 4) is 0 Å². The van der Waals surface area contributed by atoms with E-state index in [1.165, 1.54) is 0 Å². The monoisotopic (exact) mass is 766 g/mol. The van der Waals surface area contributed by atoms with Gasteiger partial charge in [0.15, 0.2) is 0 Å². The van der Waals surface area contributed by atoms with Gasteiger partial charge < -0.3 is 0 Å². The number of ether oxygens (including phenoxy) is 1. The van der Waals surface area contributed by atoms with Gasteiger partial charge in [0.2, 0.25) is 0 Å². The van der Waals surface area contributed by atoms with E-state index in [1.807, 2.05) is 5.31 Å². The van der Waals surface area contributed by atoms with E-state index in [-0.39, 0.29) is 21.9 Å². The summed E-state index contributed by atoms with van der Waals surface area (Å²) < 4.78 is 4.81. The van der Waals surface area contributed by atoms with E-state index < -0.39 is 60.8 Å². The fourth-order valence-corrected chi connectivity index (χ4v) is 20.4. The van der Waals surface area contributed by atoms with Crippen LogP contribution in [0.5, 0.6) is 0 Å². The Morgan fingerprint density at radius 3 is 1.93 bits per heavy atom. The van der Waals surface area contributed by atoms with Crippen LogP contribution in [0, 0.1) is 5.41 Å². The number of carboxylic acids is 2. The Morgan fingerprint density at radius 1 is 1.04 bits per heavy atom. The molecule has 10 N–H and O–H groups in total. The SMILES string of the molecule is [CH3][Pt]([CH](N)CCCN)[CH]1OCCC(C(=O)O)(C(=O)O)[CH]1[Pt]([CH3])[CH](N)CCCN. The molecule has 1 rings (SSSR count). The van der Waals surface area contributed by atoms with Gasteiger partial charge in [0.05, 0.1) is 0 Å². The summed E-state index contributed by atoms with van der Waals surface area (Å²) in [5.41, 5.74) is 22.2. The van der Waals surface area contributed by atoms with Crippen molar-refractivity contribution in [2.24, 2.45) is 28.3 Å². The fourth-order valence-electron chi connectivity index (χ4n) is 3.02. The summed E-state index contributed by atoms with van der Waals surface area (Å²) in [6, 6.07) is 0. The van der Waals surface area contributed by atoms with Crippen LogP contribution in [-0.2, 0) is 48.9 Å². The van der Waals surface area contributed by atoms with E-state index in [9.17, 15) is 19.8 Å². The third-order valence-corrected chi connectivity index (χ3v) is 20.1. The summed E-state index contributed by atoms with van der Waals surface area (Å²) >= 11 is -4.30. The van der Waals surface area contributed by atoms with Crippen LogP contribution in [0.15, 0.2) is 0 Å². The van der Waals surface area contributed by atoms with E-state index in [0.29, 0.717) is 19.5 Å². The molecule has 0 aromatic rings. The molecule has 0 aliphatic carbocycles. The summed E-state index contributed by atoms with van der Waals surface area (Å²) in [5.74, 6) is -2.57. The Morgan fingerprint density at radius 2 is 1.50 bits per heavy atom. The second-order valence-electron chi connectivity index (χ2n) is 6.63. The van der Waals surface area contributed by atoms with Crippen LogP contribution >= 0.6 is 0 Å². The molecule has 174 valence electrons. The number of hydrogen-bond acceptors (Lipinski definition) is 7. The van der Waals surface area contributed by atoms with E-state index in [4.69, 9.17) is 27.7 Å². The summed E-state index contributed by atoms with van der Waals surface area (Å²) in [6.45, 7) is 1.16. The molecule has 0 aromatic carbocycles. The maximum absolute atomic E-state index is 12.3. The molecule has 0 aromatic heterocycles. The number of aliphatic carboxylic acids is 2. The minimum atomic E-state index is -2.26. The fraction of sp³-hybridized carbons (Fsp3) is 0.882. The van der Waals surface area contributed by atoms with Gasteiger partial charge in [0, 0.05) is 0 Å². The molecule has 9 nitrogen and oxygen atoms in total. The normalized spacial score (nSPS) is 24.9. The van der Waals surface area contributed by atoms with Gasteiger partial charge in [-0.05, 0) is 0 Å². The van der Waals surface area contributed by atoms with E-state index in [2.05, 4.69) is 5.31 Å². The van der Waals surface area contributed by atoms with Crippen LogP contribution in [0.4, 0.5) is 0 Å². The molecule has 4 atom stereocenters. The van der Waals surface area contributed by atoms with Crippen LogP contribution in [0.3, 0.4) is 0 Å². The van der Waals surface area contributed by atoms with Crippen LogP contribution in [0.25, 0.3) is 0 Å². The van der Waals surface area contributed by atoms with Crippen molar-refractivity contribution >= 4 is 11.9 Å². The van der Waals surface area contributed by atoms with Gasteiger partial charge in [-0.3, -0.25) is 0 Å². The first-order valence-corrected chi connectivity index (χ1v) is 18.8. The first kappa shape index (κ1) is 26.2. The Bertz CT molecular complexity index is 514. The van der Waals surface area contributed by atoms with Crippen LogP contribution < -0.4 is 22.9 Å². The molecule has 1 fully saturated rings. The predicted octanol–water partition coefficient (Wildman–Crippen LogP) is 0.0569. The first-order chi connectivity index (χ1) is 13.1. The zero-order valence-electron chi connectivity index (χ0n) is 16.5. The van der Waals surface area contributed by atoms with Crippen molar-refractivity contribution in [1.29, 1.82) is 0 Å². The quantitative estimate of drug-likeness (QED) is 0.149. The molecule has 28 heavy (non-hydrogen) atoms. The molecule has 0 saturated carbocycles. The molecule has 1 heterocycles. The van der Waals surface area contributed by atoms with Gasteiger partial charge in [0.25, 0.3) is 0 Å². The Balaban J connectivity index is 3.31. The molecule has 4 unspecified atom stereocenters. The second kappa shape index (κ2) is 12.1. The summed E-state index contributed by atoms with van der Waals surface area (Å²) in [5, 5.41) is 24.1. The summed E-state index contributed by atoms with van der Waals surface area (Å²) in [6.07, 6.45) is 2.91. The molecule has 11 heteroatoms. The van der Waals surface area contributed by atoms with Gasteiger partial charge in [-0.25, -0.2) is 0 Å². The average Bonchev–Trinajstić information content (AvgIpc) is 2.67. The van der Waals surface area contributed by atoms with Crippen LogP contribution in [0.2, 0.25) is 14.9 Å². The van der Waals surface area contributed by atoms with Crippen molar-refractivity contribution in [3.05, 3.63) is 0 Å². The van der Waals surface area contributed by atoms with E-state index >= 15 is 0 Å². The third kappa shape index (κ3) is 5.84. The molecular weight excluding hydrogens is 730 g/mol. The Hall–Kier alpha value is 0.117. The van der Waals surface area contributed by atoms with Gasteiger partial charge in [-0.1, -0.05) is 0 Å². The molecule has 1 saturated heterocycles. The zero-order chi connectivity index (χ0) is 21.5. The van der Waals surface area contributed by atoms with E-state index in [1.54, 1.807) is 0 Å². The van der Waals surface area contributed by atoms with Crippen molar-refractivity contribution in [2.45, 2.75) is 60.4 Å². The van der Waals surface area contributed by atoms with Gasteiger partial charge in [0.1, 0.15) is 0 Å². The van der Waals surface area contributed by atoms with Crippen LogP contribution in [0.1, 0.15) is 32.1 Å². The molecule has 1 aliphatic rings. The second-order valence-corrected chi connectivity index (χ2v) is 19.5. The van der Waals surface area contributed by atoms with Gasteiger partial charge >= 0.3 is 180 Å². The predicted molar refractivity (Wildman–Crippen MR) is 100 cm³/mol. The van der Waals surface area contributed by atoms with Gasteiger partial charge in [-0.15, -0.1) is 0 Å². The summed E-state index contributed by atoms with van der Waals surface area (Å²) in [7, 11) is 0. The van der Waals surface area contributed by atoms with E-state index in [0.717, 1.165) is 19.3 Å². The average molecular weight is 767 g/mol. The summed E-state index contributed by atoms with van der Waals surface area (Å²) in [4.78, 5) is 24.6. The molecule has 0 bridgehead atoms. The minimum absolute atomic E-state index is 0.0351. The van der Waals surface area contributed by atoms with Crippen molar-refractivity contribution in [1.82, 2.24) is 0 Å². The van der Waals surface area contributed by atoms with Gasteiger partial charge in [-0.2, -0.15) is 0 Å². The topological polar surface area (TPSA) is 188 Å². The van der Waals surface area contributed by atoms with Crippen molar-refractivity contribution in [2.75, 3.05) is 19.7 Å². The number of rotatable bonds is 12. The number of hydrogen-bond donors (Lipinski definition) is 6. The van der Waals surface area contributed by atoms with Crippen molar-refractivity contribution in [3.63, 3.8) is 0 Å². The number of nitrogens with two attached hydrogens (primary N) is 4. The molecule has 1 aliphatic heterocycles. The molecule has 0 radical (unpaired) electrons. The Kier molecular flexibility index (Phi) is 11.3. The Labute approximate surface area is 179 Å². The standard InChI is InChI=1S/C7H8O5.2C4H11N2.2CH3.2Pt/c8-5(9)7(6(10)11)1-3-12-4-2-7;2*5-3-1-2-4-6;;;;/h1,3H,2,4H2,(H,8,9)(H,10,11);2*3H,1-2,4-6H2;2*1H3;;. The molecule has 0 spiro atoms. The van der Waals surface area contributed by atoms with Crippen LogP contribution in [-0.4, -0.2) is 55.2 Å². The maximum atomic E-state index is 12.3. The number of carboxylic acid groups (broad SMARTS) is 2. The number of carbonyl (C=O) groups is 2. The first-order valence-electron chi connectivity index (χ1n) is 9.02.